The first-order valence-corrected chi connectivity index (χ1v) is 7.78. The maximum Gasteiger partial charge on any atom is 0.162 e. The maximum absolute atomic E-state index is 2.33. The van der Waals surface area contributed by atoms with Gasteiger partial charge >= 0.3 is 0 Å². The minimum Gasteiger partial charge on any atom is -0.150 e. The molecule has 0 amide bonds. The summed E-state index contributed by atoms with van der Waals surface area (Å²) in [6.45, 7) is 2.11. The van der Waals surface area contributed by atoms with Gasteiger partial charge in [-0.1, -0.05) is 55.4 Å². The molecule has 1 heterocycles. The van der Waals surface area contributed by atoms with E-state index < -0.39 is 0 Å². The number of hydrogen-bond donors (Lipinski definition) is 0. The van der Waals surface area contributed by atoms with Crippen LogP contribution in [-0.2, 0) is 6.42 Å². The average molecular weight is 273 g/mol. The highest BCUT2D eigenvalue weighted by Gasteiger charge is 2.20. The lowest BCUT2D eigenvalue weighted by molar-refractivity contribution is 1.21. The molecule has 0 nitrogen and oxygen atoms in total. The molecule has 1 aromatic heterocycles. The summed E-state index contributed by atoms with van der Waals surface area (Å²) in [5, 5.41) is 0. The van der Waals surface area contributed by atoms with Crippen LogP contribution in [0.15, 0.2) is 54.6 Å². The van der Waals surface area contributed by atoms with Crippen molar-refractivity contribution in [3.05, 3.63) is 65.7 Å². The quantitative estimate of drug-likeness (QED) is 0.452. The maximum atomic E-state index is 2.33. The Balaban J connectivity index is 2.08. The van der Waals surface area contributed by atoms with Gasteiger partial charge in [-0.25, -0.2) is 0 Å². The first-order valence-electron chi connectivity index (χ1n) is 6.96. The fourth-order valence-corrected chi connectivity index (χ4v) is 4.11. The van der Waals surface area contributed by atoms with Gasteiger partial charge in [0.2, 0.25) is 0 Å². The van der Waals surface area contributed by atoms with E-state index in [1.165, 1.54) is 37.5 Å². The molecule has 1 radical (unpaired) electrons. The summed E-state index contributed by atoms with van der Waals surface area (Å²) in [5.41, 5.74) is 7.05. The van der Waals surface area contributed by atoms with Crippen molar-refractivity contribution in [2.45, 2.75) is 13.2 Å². The van der Waals surface area contributed by atoms with E-state index in [0.717, 1.165) is 6.42 Å². The number of hydrogen-bond acceptors (Lipinski definition) is 1. The van der Waals surface area contributed by atoms with Crippen molar-refractivity contribution in [3.8, 4) is 21.6 Å². The monoisotopic (exact) mass is 273 g/mol. The molecule has 2 aromatic carbocycles. The highest BCUT2D eigenvalue weighted by Crippen LogP contribution is 2.42. The Morgan fingerprint density at radius 3 is 2.25 bits per heavy atom. The molecule has 3 aromatic rings. The van der Waals surface area contributed by atoms with Gasteiger partial charge in [0.05, 0.1) is 0 Å². The van der Waals surface area contributed by atoms with E-state index >= 15 is 0 Å². The van der Waals surface area contributed by atoms with Crippen molar-refractivity contribution in [1.82, 2.24) is 0 Å². The Kier molecular flexibility index (Phi) is 2.78. The molecule has 4 rings (SSSR count). The zero-order chi connectivity index (χ0) is 13.5. The topological polar surface area (TPSA) is 0 Å². The summed E-state index contributed by atoms with van der Waals surface area (Å²) >= 11 is 1.90. The number of benzene rings is 2. The Morgan fingerprint density at radius 1 is 0.850 bits per heavy atom. The van der Waals surface area contributed by atoms with Gasteiger partial charge in [-0.15, -0.1) is 0 Å². The van der Waals surface area contributed by atoms with Crippen LogP contribution in [0.1, 0.15) is 11.1 Å². The SMILES string of the molecule is C[B]c1cc2c(s1)-c1ccccc1Cc1ccccc1-2. The molecule has 20 heavy (non-hydrogen) atoms. The van der Waals surface area contributed by atoms with Gasteiger partial charge < -0.3 is 0 Å². The summed E-state index contributed by atoms with van der Waals surface area (Å²) in [7, 11) is 2.20. The lowest BCUT2D eigenvalue weighted by atomic mass is 9.80. The van der Waals surface area contributed by atoms with E-state index in [1.54, 1.807) is 0 Å². The van der Waals surface area contributed by atoms with E-state index in [4.69, 9.17) is 0 Å². The Labute approximate surface area is 124 Å². The second kappa shape index (κ2) is 4.64. The van der Waals surface area contributed by atoms with E-state index in [2.05, 4.69) is 68.7 Å². The smallest absolute Gasteiger partial charge is 0.150 e. The van der Waals surface area contributed by atoms with E-state index in [1.807, 2.05) is 11.3 Å². The van der Waals surface area contributed by atoms with Gasteiger partial charge in [0.15, 0.2) is 7.28 Å². The van der Waals surface area contributed by atoms with Crippen LogP contribution in [0.5, 0.6) is 0 Å². The summed E-state index contributed by atoms with van der Waals surface area (Å²) in [6.07, 6.45) is 1.03. The molecule has 0 saturated heterocycles. The van der Waals surface area contributed by atoms with Crippen molar-refractivity contribution in [2.24, 2.45) is 0 Å². The van der Waals surface area contributed by atoms with Crippen LogP contribution in [0.2, 0.25) is 6.82 Å². The molecule has 0 N–H and O–H groups in total. The largest absolute Gasteiger partial charge is 0.162 e. The van der Waals surface area contributed by atoms with E-state index in [9.17, 15) is 0 Å². The zero-order valence-electron chi connectivity index (χ0n) is 11.4. The zero-order valence-corrected chi connectivity index (χ0v) is 12.2. The molecule has 0 fully saturated rings. The van der Waals surface area contributed by atoms with Crippen molar-refractivity contribution in [1.29, 1.82) is 0 Å². The van der Waals surface area contributed by atoms with Crippen LogP contribution >= 0.6 is 11.3 Å². The Morgan fingerprint density at radius 2 is 1.50 bits per heavy atom. The molecule has 95 valence electrons. The second-order valence-corrected chi connectivity index (χ2v) is 6.26. The fraction of sp³-hybridized carbons (Fsp3) is 0.111. The van der Waals surface area contributed by atoms with Gasteiger partial charge in [-0.3, -0.25) is 0 Å². The Hall–Kier alpha value is -1.80. The lowest BCUT2D eigenvalue weighted by Gasteiger charge is -2.06. The number of fused-ring (bicyclic) bond motifs is 5. The predicted molar refractivity (Wildman–Crippen MR) is 89.2 cm³/mol. The molecule has 0 spiro atoms. The first-order chi connectivity index (χ1) is 9.86. The summed E-state index contributed by atoms with van der Waals surface area (Å²) in [5.74, 6) is 0. The highest BCUT2D eigenvalue weighted by molar-refractivity contribution is 7.24. The van der Waals surface area contributed by atoms with Crippen molar-refractivity contribution >= 4 is 23.4 Å². The molecule has 1 aliphatic carbocycles. The van der Waals surface area contributed by atoms with Crippen molar-refractivity contribution < 1.29 is 0 Å². The van der Waals surface area contributed by atoms with Gasteiger partial charge in [-0.05, 0) is 45.1 Å². The van der Waals surface area contributed by atoms with Gasteiger partial charge in [0.25, 0.3) is 0 Å². The van der Waals surface area contributed by atoms with Crippen molar-refractivity contribution in [2.75, 3.05) is 0 Å². The molecule has 2 heteroatoms. The molecule has 0 saturated carbocycles. The van der Waals surface area contributed by atoms with Crippen LogP contribution in [0.3, 0.4) is 0 Å². The molecule has 0 unspecified atom stereocenters. The average Bonchev–Trinajstić information content (AvgIpc) is 2.87. The molecule has 0 bridgehead atoms. The molecule has 0 aliphatic heterocycles. The summed E-state index contributed by atoms with van der Waals surface area (Å²) in [4.78, 5) is 1.42. The van der Waals surface area contributed by atoms with Gasteiger partial charge in [0, 0.05) is 4.88 Å². The fourth-order valence-electron chi connectivity index (χ4n) is 2.99. The van der Waals surface area contributed by atoms with E-state index in [-0.39, 0.29) is 0 Å². The van der Waals surface area contributed by atoms with Crippen LogP contribution in [-0.4, -0.2) is 7.28 Å². The molecule has 1 aliphatic rings. The normalized spacial score (nSPS) is 12.1. The van der Waals surface area contributed by atoms with Crippen molar-refractivity contribution in [3.63, 3.8) is 0 Å². The van der Waals surface area contributed by atoms with Gasteiger partial charge in [-0.2, -0.15) is 11.3 Å². The standard InChI is InChI=1S/C18H14BS/c1-19-17-11-16-14-8-4-2-6-12(14)10-13-7-3-5-9-15(13)18(16)20-17/h2-9,11H,10H2,1H3. The van der Waals surface area contributed by atoms with Crippen LogP contribution in [0.25, 0.3) is 21.6 Å². The van der Waals surface area contributed by atoms with Gasteiger partial charge in [0.1, 0.15) is 0 Å². The third-order valence-corrected chi connectivity index (χ3v) is 5.22. The highest BCUT2D eigenvalue weighted by atomic mass is 32.1. The first kappa shape index (κ1) is 12.0. The second-order valence-electron chi connectivity index (χ2n) is 5.17. The van der Waals surface area contributed by atoms with Crippen LogP contribution in [0, 0.1) is 0 Å². The predicted octanol–water partition coefficient (Wildman–Crippen LogP) is 4.36. The Bertz CT molecular complexity index is 723. The molecular weight excluding hydrogens is 259 g/mol. The summed E-state index contributed by atoms with van der Waals surface area (Å²) in [6, 6.07) is 19.9. The van der Waals surface area contributed by atoms with E-state index in [0.29, 0.717) is 0 Å². The lowest BCUT2D eigenvalue weighted by Crippen LogP contribution is -2.02. The number of rotatable bonds is 1. The summed E-state index contributed by atoms with van der Waals surface area (Å²) < 4.78 is 1.35. The third-order valence-electron chi connectivity index (χ3n) is 3.99. The number of thiophene rings is 1. The molecule has 0 atom stereocenters. The minimum absolute atomic E-state index is 1.03. The molecular formula is C18H14BS. The minimum atomic E-state index is 1.03. The third kappa shape index (κ3) is 1.75. The van der Waals surface area contributed by atoms with Crippen LogP contribution < -0.4 is 4.78 Å². The van der Waals surface area contributed by atoms with Crippen LogP contribution in [0.4, 0.5) is 0 Å².